The fourth-order valence-corrected chi connectivity index (χ4v) is 1.23. The van der Waals surface area contributed by atoms with Crippen LogP contribution in [0.3, 0.4) is 0 Å². The molecule has 0 aromatic rings. The van der Waals surface area contributed by atoms with Crippen LogP contribution < -0.4 is 0 Å². The lowest BCUT2D eigenvalue weighted by Gasteiger charge is -2.26. The van der Waals surface area contributed by atoms with Crippen LogP contribution in [0.25, 0.3) is 0 Å². The van der Waals surface area contributed by atoms with E-state index < -0.39 is 0 Å². The van der Waals surface area contributed by atoms with Crippen molar-refractivity contribution in [2.45, 2.75) is 0 Å². The first kappa shape index (κ1) is 10.0. The van der Waals surface area contributed by atoms with Crippen molar-refractivity contribution in [3.63, 3.8) is 0 Å². The Morgan fingerprint density at radius 2 is 2.44 bits per heavy atom. The zero-order chi connectivity index (χ0) is 7.28. The molecular formula is C3H7INO2P2-. The van der Waals surface area contributed by atoms with Crippen molar-refractivity contribution >= 4 is 39.4 Å². The summed E-state index contributed by atoms with van der Waals surface area (Å²) in [5, 5.41) is 10.9. The van der Waals surface area contributed by atoms with Gasteiger partial charge in [0.15, 0.2) is 0 Å². The van der Waals surface area contributed by atoms with Crippen molar-refractivity contribution in [3.05, 3.63) is 15.5 Å². The first-order valence-corrected chi connectivity index (χ1v) is 6.57. The maximum atomic E-state index is 10.5. The summed E-state index contributed by atoms with van der Waals surface area (Å²) in [4.78, 5) is 0. The molecule has 54 valence electrons. The molecule has 0 saturated heterocycles. The van der Waals surface area contributed by atoms with E-state index in [-0.39, 0.29) is 8.50 Å². The Labute approximate surface area is 71.4 Å². The zero-order valence-electron chi connectivity index (χ0n) is 4.85. The molecule has 9 heavy (non-hydrogen) atoms. The average Bonchev–Trinajstić information content (AvgIpc) is 1.82. The van der Waals surface area contributed by atoms with Gasteiger partial charge in [-0.25, -0.2) is 0 Å². The highest BCUT2D eigenvalue weighted by Crippen LogP contribution is 2.35. The van der Waals surface area contributed by atoms with Crippen LogP contribution >= 0.6 is 39.4 Å². The van der Waals surface area contributed by atoms with E-state index in [1.54, 1.807) is 0 Å². The summed E-state index contributed by atoms with van der Waals surface area (Å²) in [5.41, 5.74) is 0. The SMILES string of the molecule is C=C(I)N([O-])OPPC. The molecule has 0 radical (unpaired) electrons. The van der Waals surface area contributed by atoms with Crippen LogP contribution in [-0.2, 0) is 4.62 Å². The molecule has 0 spiro atoms. The first-order chi connectivity index (χ1) is 4.18. The van der Waals surface area contributed by atoms with Crippen LogP contribution in [0.15, 0.2) is 10.3 Å². The molecule has 0 fully saturated rings. The molecule has 3 nitrogen and oxygen atoms in total. The van der Waals surface area contributed by atoms with Gasteiger partial charge in [-0.2, -0.15) is 0 Å². The summed E-state index contributed by atoms with van der Waals surface area (Å²) in [5.74, 6) is 0. The quantitative estimate of drug-likeness (QED) is 0.343. The van der Waals surface area contributed by atoms with Gasteiger partial charge in [-0.05, 0) is 29.3 Å². The largest absolute Gasteiger partial charge is 0.733 e. The minimum absolute atomic E-state index is 0.264. The third kappa shape index (κ3) is 5.49. The second-order valence-corrected chi connectivity index (χ2v) is 5.32. The number of rotatable bonds is 4. The summed E-state index contributed by atoms with van der Waals surface area (Å²) in [7, 11) is 0.926. The lowest BCUT2D eigenvalue weighted by molar-refractivity contribution is 0.0709. The molecule has 0 aliphatic rings. The zero-order valence-corrected chi connectivity index (χ0v) is 9.01. The maximum Gasteiger partial charge on any atom is 0.0823 e. The minimum atomic E-state index is 0.264. The van der Waals surface area contributed by atoms with Crippen molar-refractivity contribution in [2.24, 2.45) is 0 Å². The van der Waals surface area contributed by atoms with Crippen LogP contribution in [0.5, 0.6) is 0 Å². The van der Waals surface area contributed by atoms with Gasteiger partial charge in [-0.15, -0.1) is 0 Å². The molecule has 0 bridgehead atoms. The molecule has 0 aromatic carbocycles. The van der Waals surface area contributed by atoms with Gasteiger partial charge < -0.3 is 10.4 Å². The standard InChI is InChI=1S/C3H7INO2P2/c1-3(4)5(6)7-9-8-2/h8-9H,1H2,2H3/q-1. The fraction of sp³-hybridized carbons (Fsp3) is 0.333. The predicted molar refractivity (Wildman–Crippen MR) is 52.0 cm³/mol. The predicted octanol–water partition coefficient (Wildman–Crippen LogP) is 2.44. The van der Waals surface area contributed by atoms with Crippen molar-refractivity contribution in [3.8, 4) is 0 Å². The van der Waals surface area contributed by atoms with E-state index in [2.05, 4.69) is 11.2 Å². The highest BCUT2D eigenvalue weighted by Gasteiger charge is 1.88. The Balaban J connectivity index is 3.27. The summed E-state index contributed by atoms with van der Waals surface area (Å²) in [6, 6.07) is 0. The van der Waals surface area contributed by atoms with Crippen molar-refractivity contribution in [1.29, 1.82) is 0 Å². The maximum absolute atomic E-state index is 10.5. The van der Waals surface area contributed by atoms with Crippen LogP contribution in [0.1, 0.15) is 0 Å². The number of hydrogen-bond donors (Lipinski definition) is 0. The van der Waals surface area contributed by atoms with Gasteiger partial charge in [0, 0.05) is 0 Å². The average molecular weight is 278 g/mol. The Hall–Kier alpha value is 1.05. The third-order valence-corrected chi connectivity index (χ3v) is 2.17. The smallest absolute Gasteiger partial charge is 0.0823 e. The minimum Gasteiger partial charge on any atom is -0.733 e. The molecule has 0 N–H and O–H groups in total. The Kier molecular flexibility index (Phi) is 6.48. The van der Waals surface area contributed by atoms with E-state index in [4.69, 9.17) is 0 Å². The first-order valence-electron chi connectivity index (χ1n) is 2.09. The summed E-state index contributed by atoms with van der Waals surface area (Å²) < 4.78 is 5.02. The van der Waals surface area contributed by atoms with Crippen molar-refractivity contribution < 1.29 is 4.62 Å². The van der Waals surface area contributed by atoms with Crippen LogP contribution in [0.4, 0.5) is 0 Å². The molecular weight excluding hydrogens is 271 g/mol. The Morgan fingerprint density at radius 1 is 1.89 bits per heavy atom. The van der Waals surface area contributed by atoms with E-state index in [1.807, 2.05) is 29.3 Å². The molecule has 0 heterocycles. The Bertz CT molecular complexity index is 102. The summed E-state index contributed by atoms with van der Waals surface area (Å²) in [6.07, 6.45) is 0. The van der Waals surface area contributed by atoms with Gasteiger partial charge in [0.2, 0.25) is 0 Å². The lowest BCUT2D eigenvalue weighted by Crippen LogP contribution is -2.05. The summed E-state index contributed by atoms with van der Waals surface area (Å²) >= 11 is 1.81. The fourth-order valence-electron chi connectivity index (χ4n) is 0.137. The highest BCUT2D eigenvalue weighted by atomic mass is 127. The van der Waals surface area contributed by atoms with Gasteiger partial charge >= 0.3 is 0 Å². The normalized spacial score (nSPS) is 11.9. The Morgan fingerprint density at radius 3 is 2.78 bits per heavy atom. The lowest BCUT2D eigenvalue weighted by atomic mass is 11.1. The molecule has 0 rings (SSSR count). The van der Waals surface area contributed by atoms with Gasteiger partial charge in [0.1, 0.15) is 0 Å². The number of halogens is 1. The van der Waals surface area contributed by atoms with Crippen molar-refractivity contribution in [1.82, 2.24) is 5.23 Å². The molecule has 0 aromatic heterocycles. The molecule has 0 saturated carbocycles. The molecule has 0 aliphatic carbocycles. The van der Waals surface area contributed by atoms with Gasteiger partial charge in [0.05, 0.1) is 12.2 Å². The van der Waals surface area contributed by atoms with E-state index >= 15 is 0 Å². The number of hydrogen-bond acceptors (Lipinski definition) is 3. The molecule has 2 unspecified atom stereocenters. The van der Waals surface area contributed by atoms with Gasteiger partial charge in [-0.3, -0.25) is 4.62 Å². The number of hydroxylamine groups is 2. The monoisotopic (exact) mass is 278 g/mol. The summed E-state index contributed by atoms with van der Waals surface area (Å²) in [6.45, 7) is 5.37. The topological polar surface area (TPSA) is 35.5 Å². The van der Waals surface area contributed by atoms with E-state index in [0.717, 1.165) is 0 Å². The van der Waals surface area contributed by atoms with Crippen LogP contribution in [0, 0.1) is 5.21 Å². The molecule has 0 aliphatic heterocycles. The van der Waals surface area contributed by atoms with E-state index in [1.165, 1.54) is 0 Å². The van der Waals surface area contributed by atoms with Crippen molar-refractivity contribution in [2.75, 3.05) is 6.66 Å². The second-order valence-electron chi connectivity index (χ2n) is 1.08. The molecule has 6 heteroatoms. The second kappa shape index (κ2) is 5.81. The van der Waals surface area contributed by atoms with Gasteiger partial charge in [-0.1, -0.05) is 14.8 Å². The van der Waals surface area contributed by atoms with Crippen LogP contribution in [0.2, 0.25) is 0 Å². The number of nitrogens with zero attached hydrogens (tertiary/aromatic N) is 1. The van der Waals surface area contributed by atoms with E-state index in [0.29, 0.717) is 17.2 Å². The molecule has 2 atom stereocenters. The highest BCUT2D eigenvalue weighted by molar-refractivity contribution is 14.1. The van der Waals surface area contributed by atoms with E-state index in [9.17, 15) is 5.21 Å². The van der Waals surface area contributed by atoms with Crippen LogP contribution in [-0.4, -0.2) is 11.9 Å². The molecule has 0 amide bonds. The van der Waals surface area contributed by atoms with Gasteiger partial charge in [0.25, 0.3) is 0 Å². The third-order valence-electron chi connectivity index (χ3n) is 0.429.